The predicted octanol–water partition coefficient (Wildman–Crippen LogP) is 7.86. The summed E-state index contributed by atoms with van der Waals surface area (Å²) in [5.41, 5.74) is 0. The zero-order valence-electron chi connectivity index (χ0n) is 16.7. The molecule has 1 atom stereocenters. The largest absolute Gasteiger partial charge is 0.0651 e. The molecular weight excluding hydrogens is 276 g/mol. The summed E-state index contributed by atoms with van der Waals surface area (Å²) in [4.78, 5) is 0. The second-order valence-electron chi connectivity index (χ2n) is 9.60. The van der Waals surface area contributed by atoms with Crippen molar-refractivity contribution in [1.82, 2.24) is 0 Å². The summed E-state index contributed by atoms with van der Waals surface area (Å²) in [6.07, 6.45) is 19.7. The summed E-state index contributed by atoms with van der Waals surface area (Å²) >= 11 is 0. The molecule has 23 heavy (non-hydrogen) atoms. The van der Waals surface area contributed by atoms with Crippen molar-refractivity contribution < 1.29 is 0 Å². The topological polar surface area (TPSA) is 0 Å². The zero-order chi connectivity index (χ0) is 16.7. The molecule has 0 aliphatic heterocycles. The van der Waals surface area contributed by atoms with Crippen molar-refractivity contribution in [1.29, 1.82) is 0 Å². The number of rotatable bonds is 8. The highest BCUT2D eigenvalue weighted by molar-refractivity contribution is 4.78. The van der Waals surface area contributed by atoms with E-state index >= 15 is 0 Å². The van der Waals surface area contributed by atoms with Crippen LogP contribution in [-0.2, 0) is 0 Å². The molecule has 0 N–H and O–H groups in total. The van der Waals surface area contributed by atoms with E-state index in [1.807, 2.05) is 0 Å². The molecule has 0 radical (unpaired) electrons. The normalized spacial score (nSPS) is 33.8. The fraction of sp³-hybridized carbons (Fsp3) is 1.00. The van der Waals surface area contributed by atoms with Gasteiger partial charge in [0.2, 0.25) is 0 Å². The Balaban J connectivity index is 1.58. The van der Waals surface area contributed by atoms with Gasteiger partial charge in [-0.15, -0.1) is 0 Å². The predicted molar refractivity (Wildman–Crippen MR) is 104 cm³/mol. The van der Waals surface area contributed by atoms with Gasteiger partial charge in [0.15, 0.2) is 0 Å². The van der Waals surface area contributed by atoms with Crippen LogP contribution < -0.4 is 0 Å². The SMILES string of the molecule is CCC1CCC(CCC2CCC(C(C)CCC(C)C)CC2)CC1. The molecule has 0 spiro atoms. The van der Waals surface area contributed by atoms with Crippen LogP contribution in [0.4, 0.5) is 0 Å². The monoisotopic (exact) mass is 320 g/mol. The summed E-state index contributed by atoms with van der Waals surface area (Å²) < 4.78 is 0. The Labute approximate surface area is 147 Å². The molecule has 0 saturated heterocycles. The second-order valence-corrected chi connectivity index (χ2v) is 9.60. The first kappa shape index (κ1) is 19.3. The maximum atomic E-state index is 2.53. The van der Waals surface area contributed by atoms with E-state index in [1.165, 1.54) is 44.9 Å². The highest BCUT2D eigenvalue weighted by atomic mass is 14.3. The molecule has 0 nitrogen and oxygen atoms in total. The van der Waals surface area contributed by atoms with Crippen LogP contribution in [0.5, 0.6) is 0 Å². The maximum Gasteiger partial charge on any atom is -0.0388 e. The summed E-state index contributed by atoms with van der Waals surface area (Å²) in [5.74, 6) is 6.13. The van der Waals surface area contributed by atoms with Gasteiger partial charge in [-0.2, -0.15) is 0 Å². The lowest BCUT2D eigenvalue weighted by Crippen LogP contribution is -2.21. The molecule has 2 fully saturated rings. The molecule has 2 saturated carbocycles. The molecule has 0 bridgehead atoms. The molecular formula is C23H44. The van der Waals surface area contributed by atoms with Gasteiger partial charge in [0.1, 0.15) is 0 Å². The Bertz CT molecular complexity index is 289. The lowest BCUT2D eigenvalue weighted by molar-refractivity contribution is 0.180. The Morgan fingerprint density at radius 1 is 0.652 bits per heavy atom. The van der Waals surface area contributed by atoms with Gasteiger partial charge in [-0.1, -0.05) is 98.3 Å². The van der Waals surface area contributed by atoms with Gasteiger partial charge in [-0.05, 0) is 48.3 Å². The van der Waals surface area contributed by atoms with Gasteiger partial charge in [0.05, 0.1) is 0 Å². The van der Waals surface area contributed by atoms with E-state index in [1.54, 1.807) is 38.5 Å². The second kappa shape index (κ2) is 10.1. The van der Waals surface area contributed by atoms with Crippen molar-refractivity contribution in [2.75, 3.05) is 0 Å². The molecule has 0 amide bonds. The summed E-state index contributed by atoms with van der Waals surface area (Å²) in [6, 6.07) is 0. The molecule has 2 aliphatic rings. The highest BCUT2D eigenvalue weighted by Crippen LogP contribution is 2.39. The highest BCUT2D eigenvalue weighted by Gasteiger charge is 2.26. The van der Waals surface area contributed by atoms with Gasteiger partial charge < -0.3 is 0 Å². The molecule has 0 aromatic rings. The van der Waals surface area contributed by atoms with Crippen molar-refractivity contribution in [3.05, 3.63) is 0 Å². The minimum absolute atomic E-state index is 0.886. The van der Waals surface area contributed by atoms with Crippen LogP contribution in [-0.4, -0.2) is 0 Å². The molecule has 2 rings (SSSR count). The van der Waals surface area contributed by atoms with Crippen LogP contribution in [0, 0.1) is 35.5 Å². The van der Waals surface area contributed by atoms with Crippen LogP contribution in [0.1, 0.15) is 111 Å². The Hall–Kier alpha value is 0. The number of hydrogen-bond acceptors (Lipinski definition) is 0. The van der Waals surface area contributed by atoms with Crippen LogP contribution in [0.25, 0.3) is 0 Å². The average molecular weight is 321 g/mol. The zero-order valence-corrected chi connectivity index (χ0v) is 16.7. The van der Waals surface area contributed by atoms with Gasteiger partial charge >= 0.3 is 0 Å². The summed E-state index contributed by atoms with van der Waals surface area (Å²) in [6.45, 7) is 9.65. The molecule has 2 aliphatic carbocycles. The lowest BCUT2D eigenvalue weighted by atomic mass is 9.72. The Morgan fingerprint density at radius 3 is 1.61 bits per heavy atom. The third kappa shape index (κ3) is 6.79. The molecule has 1 unspecified atom stereocenters. The standard InChI is InChI=1S/C23H44/c1-5-20-8-10-21(11-9-20)12-13-22-14-16-23(17-15-22)19(4)7-6-18(2)3/h18-23H,5-17H2,1-4H3. The van der Waals surface area contributed by atoms with E-state index in [4.69, 9.17) is 0 Å². The van der Waals surface area contributed by atoms with Gasteiger partial charge in [-0.3, -0.25) is 0 Å². The minimum atomic E-state index is 0.886. The van der Waals surface area contributed by atoms with Crippen LogP contribution in [0.2, 0.25) is 0 Å². The fourth-order valence-corrected chi connectivity index (χ4v) is 5.28. The van der Waals surface area contributed by atoms with Crippen molar-refractivity contribution in [3.8, 4) is 0 Å². The molecule has 0 heteroatoms. The first-order valence-electron chi connectivity index (χ1n) is 11.1. The van der Waals surface area contributed by atoms with E-state index < -0.39 is 0 Å². The lowest BCUT2D eigenvalue weighted by Gasteiger charge is -2.34. The summed E-state index contributed by atoms with van der Waals surface area (Å²) in [5, 5.41) is 0. The first-order valence-corrected chi connectivity index (χ1v) is 11.1. The van der Waals surface area contributed by atoms with E-state index in [0.717, 1.165) is 35.5 Å². The molecule has 0 heterocycles. The third-order valence-corrected chi connectivity index (χ3v) is 7.42. The maximum absolute atomic E-state index is 2.53. The fourth-order valence-electron chi connectivity index (χ4n) is 5.28. The average Bonchev–Trinajstić information content (AvgIpc) is 2.58. The van der Waals surface area contributed by atoms with Crippen molar-refractivity contribution >= 4 is 0 Å². The smallest absolute Gasteiger partial charge is 0.0388 e. The van der Waals surface area contributed by atoms with Crippen LogP contribution >= 0.6 is 0 Å². The Kier molecular flexibility index (Phi) is 8.48. The van der Waals surface area contributed by atoms with E-state index in [2.05, 4.69) is 27.7 Å². The van der Waals surface area contributed by atoms with E-state index in [0.29, 0.717) is 0 Å². The van der Waals surface area contributed by atoms with Crippen molar-refractivity contribution in [2.45, 2.75) is 111 Å². The molecule has 0 aromatic heterocycles. The van der Waals surface area contributed by atoms with E-state index in [9.17, 15) is 0 Å². The van der Waals surface area contributed by atoms with Crippen molar-refractivity contribution in [3.63, 3.8) is 0 Å². The molecule has 0 aromatic carbocycles. The molecule has 136 valence electrons. The van der Waals surface area contributed by atoms with Gasteiger partial charge in [0, 0.05) is 0 Å². The first-order chi connectivity index (χ1) is 11.1. The Morgan fingerprint density at radius 2 is 1.13 bits per heavy atom. The minimum Gasteiger partial charge on any atom is -0.0651 e. The summed E-state index contributed by atoms with van der Waals surface area (Å²) in [7, 11) is 0. The van der Waals surface area contributed by atoms with Crippen LogP contribution in [0.15, 0.2) is 0 Å². The number of hydrogen-bond donors (Lipinski definition) is 0. The third-order valence-electron chi connectivity index (χ3n) is 7.42. The quantitative estimate of drug-likeness (QED) is 0.427. The van der Waals surface area contributed by atoms with Crippen molar-refractivity contribution in [2.24, 2.45) is 35.5 Å². The van der Waals surface area contributed by atoms with Gasteiger partial charge in [0.25, 0.3) is 0 Å². The van der Waals surface area contributed by atoms with Gasteiger partial charge in [-0.25, -0.2) is 0 Å². The van der Waals surface area contributed by atoms with E-state index in [-0.39, 0.29) is 0 Å². The van der Waals surface area contributed by atoms with Crippen LogP contribution in [0.3, 0.4) is 0 Å².